The zero-order valence-electron chi connectivity index (χ0n) is 14.6. The number of rotatable bonds is 6. The largest absolute Gasteiger partial charge is 0.463 e. The first-order chi connectivity index (χ1) is 13.3. The van der Waals surface area contributed by atoms with E-state index in [0.29, 0.717) is 11.0 Å². The Hall–Kier alpha value is -2.92. The van der Waals surface area contributed by atoms with Crippen molar-refractivity contribution in [2.45, 2.75) is 37.2 Å². The molecule has 0 aromatic carbocycles. The number of aliphatic hydroxyl groups excluding tert-OH is 1. The second kappa shape index (κ2) is 7.98. The number of esters is 1. The van der Waals surface area contributed by atoms with E-state index in [9.17, 15) is 23.5 Å². The second-order valence-corrected chi connectivity index (χ2v) is 6.21. The minimum Gasteiger partial charge on any atom is -0.463 e. The maximum Gasteiger partial charge on any atom is 0.351 e. The Kier molecular flexibility index (Phi) is 5.66. The number of alkyl halides is 2. The van der Waals surface area contributed by atoms with Crippen molar-refractivity contribution in [2.24, 2.45) is 0 Å². The predicted molar refractivity (Wildman–Crippen MR) is 91.3 cm³/mol. The number of carbonyl (C=O) groups is 1. The molecule has 3 heterocycles. The Bertz CT molecular complexity index is 893. The van der Waals surface area contributed by atoms with E-state index in [1.165, 1.54) is 0 Å². The molecule has 0 bridgehead atoms. The molecule has 0 aliphatic carbocycles. The first-order valence-corrected chi connectivity index (χ1v) is 8.39. The van der Waals surface area contributed by atoms with Gasteiger partial charge in [0.05, 0.1) is 0 Å². The third-order valence-electron chi connectivity index (χ3n) is 4.28. The van der Waals surface area contributed by atoms with Crippen LogP contribution in [0.25, 0.3) is 0 Å². The lowest BCUT2D eigenvalue weighted by Gasteiger charge is -2.22. The molecule has 11 heteroatoms. The van der Waals surface area contributed by atoms with E-state index in [4.69, 9.17) is 15.2 Å². The highest BCUT2D eigenvalue weighted by Crippen LogP contribution is 2.43. The quantitative estimate of drug-likeness (QED) is 0.667. The van der Waals surface area contributed by atoms with Gasteiger partial charge in [-0.15, -0.1) is 0 Å². The third-order valence-corrected chi connectivity index (χ3v) is 4.28. The van der Waals surface area contributed by atoms with Gasteiger partial charge in [-0.2, -0.15) is 8.78 Å². The van der Waals surface area contributed by atoms with Crippen molar-refractivity contribution in [1.82, 2.24) is 14.5 Å². The van der Waals surface area contributed by atoms with Crippen LogP contribution in [0.2, 0.25) is 0 Å². The molecule has 0 radical (unpaired) electrons. The van der Waals surface area contributed by atoms with Crippen LogP contribution in [-0.4, -0.2) is 50.3 Å². The average Bonchev–Trinajstić information content (AvgIpc) is 2.89. The normalized spacial score (nSPS) is 23.5. The zero-order valence-corrected chi connectivity index (χ0v) is 14.6. The van der Waals surface area contributed by atoms with Crippen molar-refractivity contribution in [3.63, 3.8) is 0 Å². The molecule has 0 amide bonds. The highest BCUT2D eigenvalue weighted by molar-refractivity contribution is 5.69. The van der Waals surface area contributed by atoms with E-state index in [2.05, 4.69) is 9.97 Å². The summed E-state index contributed by atoms with van der Waals surface area (Å²) in [7, 11) is 0. The molecular formula is C17H18F2N4O5. The first-order valence-electron chi connectivity index (χ1n) is 8.39. The number of pyridine rings is 1. The smallest absolute Gasteiger partial charge is 0.351 e. The molecule has 3 atom stereocenters. The Morgan fingerprint density at radius 1 is 1.39 bits per heavy atom. The van der Waals surface area contributed by atoms with Gasteiger partial charge in [0, 0.05) is 25.0 Å². The molecule has 150 valence electrons. The summed E-state index contributed by atoms with van der Waals surface area (Å²) in [5, 5.41) is 9.90. The van der Waals surface area contributed by atoms with E-state index in [0.717, 1.165) is 17.8 Å². The summed E-state index contributed by atoms with van der Waals surface area (Å²) in [5.41, 5.74) is 5.33. The average molecular weight is 396 g/mol. The third kappa shape index (κ3) is 3.99. The van der Waals surface area contributed by atoms with E-state index in [1.54, 1.807) is 24.5 Å². The fourth-order valence-electron chi connectivity index (χ4n) is 2.79. The first kappa shape index (κ1) is 19.8. The molecule has 2 aromatic heterocycles. The van der Waals surface area contributed by atoms with Gasteiger partial charge < -0.3 is 20.3 Å². The number of nitrogens with two attached hydrogens (primary N) is 1. The van der Waals surface area contributed by atoms with Crippen LogP contribution in [0, 0.1) is 0 Å². The summed E-state index contributed by atoms with van der Waals surface area (Å²) in [5.74, 6) is -4.79. The van der Waals surface area contributed by atoms with Crippen molar-refractivity contribution in [3.8, 4) is 0 Å². The lowest BCUT2D eigenvalue weighted by atomic mass is 10.1. The fourth-order valence-corrected chi connectivity index (χ4v) is 2.79. The monoisotopic (exact) mass is 396 g/mol. The van der Waals surface area contributed by atoms with Crippen molar-refractivity contribution in [3.05, 3.63) is 52.8 Å². The molecule has 3 rings (SSSR count). The Balaban J connectivity index is 1.62. The summed E-state index contributed by atoms with van der Waals surface area (Å²) in [4.78, 5) is 30.9. The van der Waals surface area contributed by atoms with Gasteiger partial charge in [0.2, 0.25) is 6.23 Å². The molecule has 2 aromatic rings. The van der Waals surface area contributed by atoms with Gasteiger partial charge in [-0.05, 0) is 24.1 Å². The number of aryl methyl sites for hydroxylation is 1. The van der Waals surface area contributed by atoms with Crippen LogP contribution in [0.1, 0.15) is 18.2 Å². The maximum absolute atomic E-state index is 14.4. The number of ether oxygens (including phenoxy) is 2. The highest BCUT2D eigenvalue weighted by atomic mass is 19.3. The van der Waals surface area contributed by atoms with Gasteiger partial charge in [0.15, 0.2) is 6.10 Å². The molecule has 0 unspecified atom stereocenters. The zero-order chi connectivity index (χ0) is 20.3. The predicted octanol–water partition coefficient (Wildman–Crippen LogP) is 0.290. The lowest BCUT2D eigenvalue weighted by Crippen LogP contribution is -2.42. The van der Waals surface area contributed by atoms with E-state index < -0.39 is 42.6 Å². The van der Waals surface area contributed by atoms with Gasteiger partial charge in [0.25, 0.3) is 0 Å². The maximum atomic E-state index is 14.4. The number of aromatic nitrogens is 3. The van der Waals surface area contributed by atoms with Crippen LogP contribution in [-0.2, 0) is 20.7 Å². The van der Waals surface area contributed by atoms with Gasteiger partial charge in [-0.1, -0.05) is 6.07 Å². The summed E-state index contributed by atoms with van der Waals surface area (Å²) < 4.78 is 39.4. The summed E-state index contributed by atoms with van der Waals surface area (Å²) in [6, 6.07) is 4.65. The lowest BCUT2D eigenvalue weighted by molar-refractivity contribution is -0.150. The van der Waals surface area contributed by atoms with Crippen LogP contribution in [0.15, 0.2) is 41.6 Å². The van der Waals surface area contributed by atoms with E-state index in [1.807, 2.05) is 0 Å². The number of hydrogen-bond donors (Lipinski definition) is 2. The number of nitrogens with zero attached hydrogens (tertiary/aromatic N) is 3. The standard InChI is InChI=1S/C17H18F2N4O5/c18-17(19)14(25)11(28-15(17)23-12(20)5-7-22-16(23)26)9-27-13(24)4-3-10-2-1-6-21-8-10/h1-2,5-8,11,14-15,25H,3-4,9,20H2/t11-,14-,15-/m1/s1. The Morgan fingerprint density at radius 2 is 2.18 bits per heavy atom. The molecule has 1 aliphatic heterocycles. The number of aliphatic hydroxyl groups is 1. The fraction of sp³-hybridized carbons (Fsp3) is 0.412. The van der Waals surface area contributed by atoms with Gasteiger partial charge >= 0.3 is 17.6 Å². The SMILES string of the molecule is Nc1ccnc(=O)n1[C@@H]1O[C@H](COC(=O)CCc2cccnc2)[C@@H](O)C1(F)F. The molecule has 0 saturated carbocycles. The van der Waals surface area contributed by atoms with Gasteiger partial charge in [-0.3, -0.25) is 9.78 Å². The van der Waals surface area contributed by atoms with Crippen molar-refractivity contribution in [2.75, 3.05) is 12.3 Å². The second-order valence-electron chi connectivity index (χ2n) is 6.21. The van der Waals surface area contributed by atoms with Crippen LogP contribution >= 0.6 is 0 Å². The van der Waals surface area contributed by atoms with Crippen LogP contribution in [0.4, 0.5) is 14.6 Å². The molecule has 1 aliphatic rings. The minimum atomic E-state index is -3.84. The molecule has 1 fully saturated rings. The van der Waals surface area contributed by atoms with Crippen molar-refractivity contribution >= 4 is 11.8 Å². The number of hydrogen-bond acceptors (Lipinski definition) is 8. The Labute approximate surface area is 157 Å². The summed E-state index contributed by atoms with van der Waals surface area (Å²) >= 11 is 0. The number of carbonyl (C=O) groups excluding carboxylic acids is 1. The van der Waals surface area contributed by atoms with Crippen LogP contribution in [0.3, 0.4) is 0 Å². The van der Waals surface area contributed by atoms with Crippen molar-refractivity contribution < 1.29 is 28.2 Å². The molecule has 3 N–H and O–H groups in total. The van der Waals surface area contributed by atoms with Gasteiger partial charge in [-0.25, -0.2) is 14.3 Å². The Morgan fingerprint density at radius 3 is 2.86 bits per heavy atom. The minimum absolute atomic E-state index is 0.00332. The topological polar surface area (TPSA) is 130 Å². The van der Waals surface area contributed by atoms with E-state index in [-0.39, 0.29) is 12.2 Å². The summed E-state index contributed by atoms with van der Waals surface area (Å²) in [6.07, 6.45) is -1.37. The summed E-state index contributed by atoms with van der Waals surface area (Å²) in [6.45, 7) is -0.603. The van der Waals surface area contributed by atoms with Crippen LogP contribution < -0.4 is 11.4 Å². The molecule has 1 saturated heterocycles. The molecule has 0 spiro atoms. The number of halogens is 2. The molecular weight excluding hydrogens is 378 g/mol. The molecule has 9 nitrogen and oxygen atoms in total. The van der Waals surface area contributed by atoms with Gasteiger partial charge in [0.1, 0.15) is 18.5 Å². The number of anilines is 1. The number of nitrogen functional groups attached to an aromatic ring is 1. The molecule has 28 heavy (non-hydrogen) atoms. The van der Waals surface area contributed by atoms with E-state index >= 15 is 0 Å². The highest BCUT2D eigenvalue weighted by Gasteiger charge is 2.60. The van der Waals surface area contributed by atoms with Crippen LogP contribution in [0.5, 0.6) is 0 Å². The van der Waals surface area contributed by atoms with Crippen molar-refractivity contribution in [1.29, 1.82) is 0 Å².